The van der Waals surface area contributed by atoms with Crippen molar-refractivity contribution in [3.05, 3.63) is 75.7 Å². The zero-order chi connectivity index (χ0) is 23.3. The Balaban J connectivity index is 1.37. The quantitative estimate of drug-likeness (QED) is 0.232. The number of hydrogen-bond donors (Lipinski definition) is 3. The average Bonchev–Trinajstić information content (AvgIpc) is 3.30. The van der Waals surface area contributed by atoms with Crippen molar-refractivity contribution < 1.29 is 8.42 Å². The number of aromatic nitrogens is 2. The van der Waals surface area contributed by atoms with Crippen LogP contribution >= 0.6 is 11.8 Å². The van der Waals surface area contributed by atoms with Gasteiger partial charge >= 0.3 is 0 Å². The summed E-state index contributed by atoms with van der Waals surface area (Å²) in [5, 5.41) is 3.66. The third-order valence-electron chi connectivity index (χ3n) is 5.64. The summed E-state index contributed by atoms with van der Waals surface area (Å²) in [5.41, 5.74) is 4.86. The van der Waals surface area contributed by atoms with E-state index in [0.29, 0.717) is 17.5 Å². The maximum absolute atomic E-state index is 12.4. The molecule has 0 bridgehead atoms. The highest BCUT2D eigenvalue weighted by molar-refractivity contribution is 7.98. The number of thioether (sulfide) groups is 1. The molecule has 0 atom stereocenters. The first-order valence-corrected chi connectivity index (χ1v) is 13.5. The molecule has 33 heavy (non-hydrogen) atoms. The number of aryl methyl sites for hydroxylation is 1. The number of rotatable bonds is 10. The third-order valence-corrected chi connectivity index (χ3v) is 8.06. The van der Waals surface area contributed by atoms with Gasteiger partial charge in [-0.2, -0.15) is 0 Å². The van der Waals surface area contributed by atoms with Crippen LogP contribution < -0.4 is 15.6 Å². The van der Waals surface area contributed by atoms with E-state index in [-0.39, 0.29) is 10.5 Å². The van der Waals surface area contributed by atoms with E-state index in [2.05, 4.69) is 20.0 Å². The van der Waals surface area contributed by atoms with E-state index >= 15 is 0 Å². The largest absolute Gasteiger partial charge is 0.320 e. The molecule has 0 radical (unpaired) electrons. The summed E-state index contributed by atoms with van der Waals surface area (Å²) in [5.74, 6) is 0.707. The van der Waals surface area contributed by atoms with Crippen LogP contribution in [0.4, 0.5) is 0 Å². The lowest BCUT2D eigenvalue weighted by Crippen LogP contribution is -2.26. The Hall–Kier alpha value is -2.46. The summed E-state index contributed by atoms with van der Waals surface area (Å²) >= 11 is 1.53. The molecule has 1 aromatic heterocycles. The van der Waals surface area contributed by atoms with Crippen LogP contribution in [0.1, 0.15) is 29.7 Å². The predicted molar refractivity (Wildman–Crippen MR) is 132 cm³/mol. The van der Waals surface area contributed by atoms with Gasteiger partial charge in [0.05, 0.1) is 10.6 Å². The van der Waals surface area contributed by atoms with Crippen LogP contribution in [0.15, 0.2) is 63.4 Å². The first-order valence-electron chi connectivity index (χ1n) is 11.0. The van der Waals surface area contributed by atoms with E-state index in [1.54, 1.807) is 12.1 Å². The van der Waals surface area contributed by atoms with Gasteiger partial charge in [-0.3, -0.25) is 4.79 Å². The van der Waals surface area contributed by atoms with Gasteiger partial charge in [-0.05, 0) is 68.1 Å². The Labute approximate surface area is 198 Å². The zero-order valence-electron chi connectivity index (χ0n) is 18.6. The van der Waals surface area contributed by atoms with Gasteiger partial charge in [0, 0.05) is 17.9 Å². The molecule has 1 aliphatic rings. The van der Waals surface area contributed by atoms with Crippen molar-refractivity contribution in [1.29, 1.82) is 0 Å². The summed E-state index contributed by atoms with van der Waals surface area (Å²) in [6, 6.07) is 15.0. The van der Waals surface area contributed by atoms with Gasteiger partial charge in [0.15, 0.2) is 5.16 Å². The number of sulfonamides is 1. The van der Waals surface area contributed by atoms with Crippen LogP contribution in [0.2, 0.25) is 0 Å². The van der Waals surface area contributed by atoms with Crippen molar-refractivity contribution >= 4 is 21.8 Å². The number of nitrogens with zero attached hydrogens (tertiary/aromatic N) is 1. The van der Waals surface area contributed by atoms with E-state index in [9.17, 15) is 13.2 Å². The Morgan fingerprint density at radius 3 is 2.39 bits per heavy atom. The van der Waals surface area contributed by atoms with Crippen molar-refractivity contribution in [3.8, 4) is 11.1 Å². The zero-order valence-corrected chi connectivity index (χ0v) is 20.2. The van der Waals surface area contributed by atoms with Crippen molar-refractivity contribution in [2.75, 3.05) is 20.1 Å². The fourth-order valence-electron chi connectivity index (χ4n) is 3.81. The second-order valence-electron chi connectivity index (χ2n) is 8.01. The second kappa shape index (κ2) is 10.6. The number of H-pyrrole nitrogens is 1. The molecule has 4 rings (SSSR count). The Kier molecular flexibility index (Phi) is 7.64. The van der Waals surface area contributed by atoms with E-state index < -0.39 is 10.0 Å². The highest BCUT2D eigenvalue weighted by atomic mass is 32.2. The highest BCUT2D eigenvalue weighted by Crippen LogP contribution is 2.25. The first kappa shape index (κ1) is 23.7. The van der Waals surface area contributed by atoms with E-state index in [1.807, 2.05) is 43.4 Å². The number of aromatic amines is 1. The number of benzene rings is 2. The Morgan fingerprint density at radius 2 is 1.70 bits per heavy atom. The van der Waals surface area contributed by atoms with Gasteiger partial charge < -0.3 is 10.3 Å². The molecule has 0 spiro atoms. The van der Waals surface area contributed by atoms with Gasteiger partial charge in [0.25, 0.3) is 5.56 Å². The number of hydrogen-bond acceptors (Lipinski definition) is 6. The highest BCUT2D eigenvalue weighted by Gasteiger charge is 2.17. The summed E-state index contributed by atoms with van der Waals surface area (Å²) in [7, 11) is -1.66. The van der Waals surface area contributed by atoms with Gasteiger partial charge in [-0.1, -0.05) is 48.2 Å². The van der Waals surface area contributed by atoms with E-state index in [0.717, 1.165) is 60.2 Å². The molecule has 174 valence electrons. The summed E-state index contributed by atoms with van der Waals surface area (Å²) in [6.45, 7) is 1.16. The molecule has 3 N–H and O–H groups in total. The smallest absolute Gasteiger partial charge is 0.254 e. The lowest BCUT2D eigenvalue weighted by atomic mass is 10.0. The Morgan fingerprint density at radius 1 is 1.00 bits per heavy atom. The van der Waals surface area contributed by atoms with Crippen molar-refractivity contribution in [2.45, 2.75) is 41.5 Å². The molecule has 0 amide bonds. The summed E-state index contributed by atoms with van der Waals surface area (Å²) in [4.78, 5) is 19.9. The normalized spacial score (nSPS) is 13.2. The van der Waals surface area contributed by atoms with Gasteiger partial charge in [0.1, 0.15) is 0 Å². The number of nitrogens with one attached hydrogen (secondary N) is 3. The molecule has 0 aliphatic heterocycles. The fraction of sp³-hybridized carbons (Fsp3) is 0.333. The fourth-order valence-corrected chi connectivity index (χ4v) is 5.72. The molecule has 7 nitrogen and oxygen atoms in total. The molecular weight excluding hydrogens is 456 g/mol. The molecule has 1 aliphatic carbocycles. The molecule has 3 aromatic rings. The average molecular weight is 485 g/mol. The van der Waals surface area contributed by atoms with Crippen LogP contribution in [0.25, 0.3) is 11.1 Å². The molecule has 1 heterocycles. The monoisotopic (exact) mass is 484 g/mol. The summed E-state index contributed by atoms with van der Waals surface area (Å²) < 4.78 is 27.4. The maximum Gasteiger partial charge on any atom is 0.254 e. The van der Waals surface area contributed by atoms with Gasteiger partial charge in [0.2, 0.25) is 10.0 Å². The second-order valence-corrected chi connectivity index (χ2v) is 10.7. The lowest BCUT2D eigenvalue weighted by Gasteiger charge is -2.09. The van der Waals surface area contributed by atoms with Crippen LogP contribution in [-0.2, 0) is 28.6 Å². The molecule has 0 unspecified atom stereocenters. The van der Waals surface area contributed by atoms with Crippen molar-refractivity contribution in [2.24, 2.45) is 0 Å². The number of fused-ring (bicyclic) bond motifs is 1. The molecule has 2 aromatic carbocycles. The predicted octanol–water partition coefficient (Wildman–Crippen LogP) is 3.11. The lowest BCUT2D eigenvalue weighted by molar-refractivity contribution is 0.577. The van der Waals surface area contributed by atoms with E-state index in [1.165, 1.54) is 11.8 Å². The molecular formula is C24H28N4O3S2. The van der Waals surface area contributed by atoms with Gasteiger partial charge in [-0.25, -0.2) is 18.1 Å². The molecule has 9 heteroatoms. The third kappa shape index (κ3) is 5.92. The minimum absolute atomic E-state index is 0.00558. The maximum atomic E-state index is 12.4. The first-order chi connectivity index (χ1) is 16.0. The topological polar surface area (TPSA) is 104 Å². The van der Waals surface area contributed by atoms with Crippen molar-refractivity contribution in [1.82, 2.24) is 20.0 Å². The van der Waals surface area contributed by atoms with E-state index in [4.69, 9.17) is 0 Å². The minimum Gasteiger partial charge on any atom is -0.320 e. The van der Waals surface area contributed by atoms with Crippen LogP contribution in [0.5, 0.6) is 0 Å². The molecule has 0 saturated carbocycles. The Bertz CT molecular complexity index is 1250. The minimum atomic E-state index is -3.50. The van der Waals surface area contributed by atoms with Crippen molar-refractivity contribution in [3.63, 3.8) is 0 Å². The molecule has 0 fully saturated rings. The summed E-state index contributed by atoms with van der Waals surface area (Å²) in [6.07, 6.45) is 3.44. The standard InChI is InChI=1S/C24H28N4O3S2/c1-25-14-3-15-26-33(30,31)20-12-10-19(11-13-20)18-8-6-17(7-9-18)16-32-24-27-22-5-2-4-21(22)23(29)28-24/h6-13,25-26H,2-5,14-16H2,1H3,(H,27,28,29). The van der Waals surface area contributed by atoms with Crippen LogP contribution in [-0.4, -0.2) is 38.5 Å². The van der Waals surface area contributed by atoms with Crippen LogP contribution in [0, 0.1) is 0 Å². The van der Waals surface area contributed by atoms with Gasteiger partial charge in [-0.15, -0.1) is 0 Å². The molecule has 0 saturated heterocycles. The van der Waals surface area contributed by atoms with Crippen LogP contribution in [0.3, 0.4) is 0 Å². The SMILES string of the molecule is CNCCCNS(=O)(=O)c1ccc(-c2ccc(CSc3nc4c(c(=O)[nH]3)CCC4)cc2)cc1.